The molecule has 0 N–H and O–H groups in total. The second kappa shape index (κ2) is 3.84. The highest BCUT2D eigenvalue weighted by atomic mass is 14.6. The van der Waals surface area contributed by atoms with Crippen molar-refractivity contribution >= 4 is 0 Å². The van der Waals surface area contributed by atoms with Crippen molar-refractivity contribution in [2.75, 3.05) is 0 Å². The minimum absolute atomic E-state index is 0.171. The number of rotatable bonds is 1. The number of hydrogen-bond acceptors (Lipinski definition) is 0. The molecule has 0 heterocycles. The van der Waals surface area contributed by atoms with Crippen molar-refractivity contribution in [3.8, 4) is 0 Å². The standard InChI is InChI=1S/C13H17N/c1-10-6-7-12(13(2,3)4)8-11(10)9-14-5/h6-8H,9H2,1-4H3. The predicted octanol–water partition coefficient (Wildman–Crippen LogP) is 3.71. The van der Waals surface area contributed by atoms with Gasteiger partial charge in [0.25, 0.3) is 0 Å². The van der Waals surface area contributed by atoms with E-state index in [0.717, 1.165) is 5.56 Å². The fraction of sp³-hybridized carbons (Fsp3) is 0.462. The number of aryl methyl sites for hydroxylation is 1. The highest BCUT2D eigenvalue weighted by Gasteiger charge is 2.15. The van der Waals surface area contributed by atoms with Crippen LogP contribution in [-0.2, 0) is 12.0 Å². The Kier molecular flexibility index (Phi) is 2.96. The zero-order chi connectivity index (χ0) is 10.8. The molecule has 0 radical (unpaired) electrons. The van der Waals surface area contributed by atoms with E-state index in [1.54, 1.807) is 0 Å². The van der Waals surface area contributed by atoms with Crippen molar-refractivity contribution in [3.63, 3.8) is 0 Å². The summed E-state index contributed by atoms with van der Waals surface area (Å²) in [6.45, 7) is 16.0. The van der Waals surface area contributed by atoms with Gasteiger partial charge in [-0.05, 0) is 29.5 Å². The van der Waals surface area contributed by atoms with Crippen molar-refractivity contribution in [1.29, 1.82) is 0 Å². The zero-order valence-electron chi connectivity index (χ0n) is 9.39. The van der Waals surface area contributed by atoms with E-state index in [0.29, 0.717) is 6.54 Å². The smallest absolute Gasteiger partial charge is 0.240 e. The molecule has 0 spiro atoms. The minimum atomic E-state index is 0.171. The summed E-state index contributed by atoms with van der Waals surface area (Å²) < 4.78 is 0. The maximum Gasteiger partial charge on any atom is 0.240 e. The summed E-state index contributed by atoms with van der Waals surface area (Å²) in [7, 11) is 0. The monoisotopic (exact) mass is 187 g/mol. The van der Waals surface area contributed by atoms with E-state index in [1.807, 2.05) is 0 Å². The molecule has 0 bridgehead atoms. The van der Waals surface area contributed by atoms with Gasteiger partial charge in [0, 0.05) is 5.56 Å². The Balaban J connectivity index is 3.14. The van der Waals surface area contributed by atoms with E-state index in [-0.39, 0.29) is 5.41 Å². The fourth-order valence-electron chi connectivity index (χ4n) is 1.39. The van der Waals surface area contributed by atoms with Crippen LogP contribution in [0.15, 0.2) is 18.2 Å². The van der Waals surface area contributed by atoms with Crippen LogP contribution in [0.25, 0.3) is 4.85 Å². The van der Waals surface area contributed by atoms with Gasteiger partial charge in [-0.1, -0.05) is 32.9 Å². The SMILES string of the molecule is [C-]#[N+]Cc1cc(C(C)(C)C)ccc1C. The molecular formula is C13H17N. The average molecular weight is 187 g/mol. The predicted molar refractivity (Wildman–Crippen MR) is 60.2 cm³/mol. The molecule has 0 atom stereocenters. The molecular weight excluding hydrogens is 170 g/mol. The summed E-state index contributed by atoms with van der Waals surface area (Å²) in [6, 6.07) is 6.43. The number of hydrogen-bond donors (Lipinski definition) is 0. The number of nitrogens with zero attached hydrogens (tertiary/aromatic N) is 1. The van der Waals surface area contributed by atoms with Crippen LogP contribution in [0.5, 0.6) is 0 Å². The third-order valence-electron chi connectivity index (χ3n) is 2.46. The van der Waals surface area contributed by atoms with Crippen LogP contribution >= 0.6 is 0 Å². The Labute approximate surface area is 86.6 Å². The molecule has 0 saturated heterocycles. The Morgan fingerprint density at radius 1 is 1.29 bits per heavy atom. The Hall–Kier alpha value is -1.29. The molecule has 1 nitrogen and oxygen atoms in total. The quantitative estimate of drug-likeness (QED) is 0.590. The highest BCUT2D eigenvalue weighted by Crippen LogP contribution is 2.24. The van der Waals surface area contributed by atoms with E-state index in [2.05, 4.69) is 50.7 Å². The van der Waals surface area contributed by atoms with Gasteiger partial charge in [0.1, 0.15) is 0 Å². The first-order chi connectivity index (χ1) is 6.45. The van der Waals surface area contributed by atoms with Crippen LogP contribution in [0.3, 0.4) is 0 Å². The normalized spacial score (nSPS) is 11.1. The minimum Gasteiger partial charge on any atom is -0.312 e. The first-order valence-electron chi connectivity index (χ1n) is 4.88. The van der Waals surface area contributed by atoms with E-state index in [9.17, 15) is 0 Å². The van der Waals surface area contributed by atoms with E-state index < -0.39 is 0 Å². The Morgan fingerprint density at radius 3 is 2.43 bits per heavy atom. The molecule has 0 aliphatic carbocycles. The van der Waals surface area contributed by atoms with Crippen LogP contribution in [0.1, 0.15) is 37.5 Å². The number of benzene rings is 1. The van der Waals surface area contributed by atoms with E-state index in [1.165, 1.54) is 11.1 Å². The third kappa shape index (κ3) is 2.35. The van der Waals surface area contributed by atoms with Gasteiger partial charge in [0.15, 0.2) is 0 Å². The molecule has 1 heteroatoms. The van der Waals surface area contributed by atoms with Gasteiger partial charge in [-0.15, -0.1) is 0 Å². The molecule has 1 aromatic rings. The van der Waals surface area contributed by atoms with Crippen molar-refractivity contribution in [2.45, 2.75) is 39.7 Å². The molecule has 0 aromatic heterocycles. The molecule has 0 saturated carbocycles. The van der Waals surface area contributed by atoms with Gasteiger partial charge < -0.3 is 4.85 Å². The molecule has 0 amide bonds. The molecule has 14 heavy (non-hydrogen) atoms. The summed E-state index contributed by atoms with van der Waals surface area (Å²) in [5.41, 5.74) is 3.85. The highest BCUT2D eigenvalue weighted by molar-refractivity contribution is 5.35. The van der Waals surface area contributed by atoms with Crippen molar-refractivity contribution < 1.29 is 0 Å². The topological polar surface area (TPSA) is 4.36 Å². The zero-order valence-corrected chi connectivity index (χ0v) is 9.39. The summed E-state index contributed by atoms with van der Waals surface area (Å²) in [4.78, 5) is 3.44. The lowest BCUT2D eigenvalue weighted by atomic mass is 9.85. The van der Waals surface area contributed by atoms with Crippen LogP contribution in [0, 0.1) is 13.5 Å². The van der Waals surface area contributed by atoms with Crippen molar-refractivity contribution in [3.05, 3.63) is 46.3 Å². The second-order valence-electron chi connectivity index (χ2n) is 4.71. The third-order valence-corrected chi connectivity index (χ3v) is 2.46. The van der Waals surface area contributed by atoms with Gasteiger partial charge >= 0.3 is 0 Å². The molecule has 1 rings (SSSR count). The van der Waals surface area contributed by atoms with E-state index in [4.69, 9.17) is 6.57 Å². The van der Waals surface area contributed by atoms with Crippen molar-refractivity contribution in [2.24, 2.45) is 0 Å². The molecule has 0 unspecified atom stereocenters. The lowest BCUT2D eigenvalue weighted by molar-refractivity contribution is 0.589. The largest absolute Gasteiger partial charge is 0.312 e. The summed E-state index contributed by atoms with van der Waals surface area (Å²) in [5.74, 6) is 0. The van der Waals surface area contributed by atoms with Gasteiger partial charge in [-0.25, -0.2) is 6.57 Å². The molecule has 0 fully saturated rings. The molecule has 0 aliphatic heterocycles. The van der Waals surface area contributed by atoms with Gasteiger partial charge in [-0.2, -0.15) is 0 Å². The Morgan fingerprint density at radius 2 is 1.93 bits per heavy atom. The van der Waals surface area contributed by atoms with Gasteiger partial charge in [0.05, 0.1) is 0 Å². The first kappa shape index (κ1) is 10.8. The average Bonchev–Trinajstić information content (AvgIpc) is 2.07. The van der Waals surface area contributed by atoms with Crippen LogP contribution in [0.4, 0.5) is 0 Å². The fourth-order valence-corrected chi connectivity index (χ4v) is 1.39. The maximum atomic E-state index is 6.89. The van der Waals surface area contributed by atoms with Gasteiger partial charge in [0.2, 0.25) is 6.54 Å². The van der Waals surface area contributed by atoms with Crippen molar-refractivity contribution in [1.82, 2.24) is 0 Å². The lowest BCUT2D eigenvalue weighted by Crippen LogP contribution is -2.11. The van der Waals surface area contributed by atoms with Crippen LogP contribution in [-0.4, -0.2) is 0 Å². The summed E-state index contributed by atoms with van der Waals surface area (Å²) >= 11 is 0. The van der Waals surface area contributed by atoms with Crippen LogP contribution < -0.4 is 0 Å². The summed E-state index contributed by atoms with van der Waals surface area (Å²) in [6.07, 6.45) is 0. The first-order valence-corrected chi connectivity index (χ1v) is 4.88. The molecule has 0 aliphatic rings. The molecule has 1 aromatic carbocycles. The van der Waals surface area contributed by atoms with E-state index >= 15 is 0 Å². The second-order valence-corrected chi connectivity index (χ2v) is 4.71. The van der Waals surface area contributed by atoms with Gasteiger partial charge in [-0.3, -0.25) is 0 Å². The lowest BCUT2D eigenvalue weighted by Gasteiger charge is -2.19. The van der Waals surface area contributed by atoms with Crippen LogP contribution in [0.2, 0.25) is 0 Å². The molecule has 74 valence electrons. The maximum absolute atomic E-state index is 6.89. The summed E-state index contributed by atoms with van der Waals surface area (Å²) in [5, 5.41) is 0. The Bertz CT molecular complexity index is 364.